The van der Waals surface area contributed by atoms with Crippen LogP contribution in [0.1, 0.15) is 143 Å². The minimum atomic E-state index is 0.109. The Hall–Kier alpha value is -2.15. The Kier molecular flexibility index (Phi) is 26.5. The molecule has 0 unspecified atom stereocenters. The molecule has 0 bridgehead atoms. The van der Waals surface area contributed by atoms with Crippen molar-refractivity contribution >= 4 is 11.9 Å². The topological polar surface area (TPSA) is 17.1 Å². The molecule has 0 aromatic heterocycles. The van der Waals surface area contributed by atoms with Gasteiger partial charge < -0.3 is 0 Å². The van der Waals surface area contributed by atoms with E-state index in [4.69, 9.17) is 0 Å². The maximum absolute atomic E-state index is 10.4. The highest BCUT2D eigenvalue weighted by Gasteiger charge is 2.19. The summed E-state index contributed by atoms with van der Waals surface area (Å²) in [7, 11) is 0. The van der Waals surface area contributed by atoms with Crippen molar-refractivity contribution in [1.29, 1.82) is 0 Å². The van der Waals surface area contributed by atoms with Crippen LogP contribution < -0.4 is 0 Å². The molecule has 0 heterocycles. The zero-order valence-electron chi connectivity index (χ0n) is 26.4. The normalized spacial score (nSPS) is 16.2. The highest BCUT2D eigenvalue weighted by molar-refractivity contribution is 5.90. The molecule has 2 rings (SSSR count). The van der Waals surface area contributed by atoms with E-state index in [1.807, 2.05) is 40.7 Å². The molecule has 1 aliphatic carbocycles. The van der Waals surface area contributed by atoms with Crippen LogP contribution >= 0.6 is 0 Å². The monoisotopic (exact) mass is 522 g/mol. The SMILES string of the molecule is C=C(C)/C=C/c1ccc(C2CCC(C)CC2)cc1.C=CC(=O)C(C)C.C=CCCCCCCCCC.CC. The van der Waals surface area contributed by atoms with Gasteiger partial charge in [0.15, 0.2) is 5.78 Å². The van der Waals surface area contributed by atoms with E-state index in [-0.39, 0.29) is 11.7 Å². The minimum absolute atomic E-state index is 0.109. The number of rotatable bonds is 13. The first-order chi connectivity index (χ1) is 18.2. The van der Waals surface area contributed by atoms with Crippen molar-refractivity contribution in [2.75, 3.05) is 0 Å². The van der Waals surface area contributed by atoms with Crippen LogP contribution in [0.15, 0.2) is 67.8 Å². The van der Waals surface area contributed by atoms with Gasteiger partial charge in [-0.15, -0.1) is 6.58 Å². The Morgan fingerprint density at radius 3 is 1.87 bits per heavy atom. The predicted molar refractivity (Wildman–Crippen MR) is 175 cm³/mol. The highest BCUT2D eigenvalue weighted by atomic mass is 16.1. The van der Waals surface area contributed by atoms with Gasteiger partial charge >= 0.3 is 0 Å². The Balaban J connectivity index is 0. The second kappa shape index (κ2) is 26.5. The number of unbranched alkanes of at least 4 members (excludes halogenated alkanes) is 7. The number of benzene rings is 1. The van der Waals surface area contributed by atoms with Crippen LogP contribution in [-0.2, 0) is 4.79 Å². The molecule has 1 aromatic rings. The minimum Gasteiger partial charge on any atom is -0.295 e. The van der Waals surface area contributed by atoms with Gasteiger partial charge in [-0.25, -0.2) is 0 Å². The summed E-state index contributed by atoms with van der Waals surface area (Å²) in [6.45, 7) is 25.3. The van der Waals surface area contributed by atoms with E-state index < -0.39 is 0 Å². The van der Waals surface area contributed by atoms with Crippen LogP contribution in [0.2, 0.25) is 0 Å². The molecule has 0 saturated heterocycles. The molecular weight excluding hydrogens is 460 g/mol. The Morgan fingerprint density at radius 2 is 1.45 bits per heavy atom. The van der Waals surface area contributed by atoms with E-state index in [1.165, 1.54) is 94.3 Å². The van der Waals surface area contributed by atoms with E-state index in [2.05, 4.69) is 70.0 Å². The molecule has 1 saturated carbocycles. The van der Waals surface area contributed by atoms with Gasteiger partial charge in [0.1, 0.15) is 0 Å². The van der Waals surface area contributed by atoms with E-state index in [0.29, 0.717) is 0 Å². The van der Waals surface area contributed by atoms with Crippen LogP contribution in [-0.4, -0.2) is 5.78 Å². The second-order valence-corrected chi connectivity index (χ2v) is 10.8. The van der Waals surface area contributed by atoms with Crippen LogP contribution in [0.4, 0.5) is 0 Å². The largest absolute Gasteiger partial charge is 0.295 e. The molecular formula is C37H62O. The average Bonchev–Trinajstić information content (AvgIpc) is 2.93. The molecule has 1 heteroatoms. The summed E-state index contributed by atoms with van der Waals surface area (Å²) in [5, 5.41) is 0. The summed E-state index contributed by atoms with van der Waals surface area (Å²) in [6, 6.07) is 9.07. The Morgan fingerprint density at radius 1 is 0.921 bits per heavy atom. The van der Waals surface area contributed by atoms with Crippen molar-refractivity contribution in [1.82, 2.24) is 0 Å². The van der Waals surface area contributed by atoms with E-state index in [0.717, 1.165) is 17.4 Å². The standard InChI is InChI=1S/C18H24.C11H22.C6H10O.C2H6/c1-14(2)4-7-16-8-12-18(13-9-16)17-10-5-15(3)6-11-17;1-3-5-7-9-11-10-8-6-4-2;1-4-6(7)5(2)3;1-2/h4,7-9,12-13,15,17H,1,5-6,10-11H2,2-3H3;3H,1,4-11H2,2H3;4-5H,1H2,2-3H3;1-2H3/b7-4+;;;. The van der Waals surface area contributed by atoms with Crippen LogP contribution in [0, 0.1) is 11.8 Å². The third-order valence-corrected chi connectivity index (χ3v) is 6.77. The van der Waals surface area contributed by atoms with Crippen molar-refractivity contribution in [2.24, 2.45) is 11.8 Å². The Bertz CT molecular complexity index is 741. The number of hydrogen-bond donors (Lipinski definition) is 0. The summed E-state index contributed by atoms with van der Waals surface area (Å²) >= 11 is 0. The van der Waals surface area contributed by atoms with Gasteiger partial charge in [0.25, 0.3) is 0 Å². The number of hydrogen-bond acceptors (Lipinski definition) is 1. The molecule has 0 N–H and O–H groups in total. The molecule has 0 spiro atoms. The third-order valence-electron chi connectivity index (χ3n) is 6.77. The summed E-state index contributed by atoms with van der Waals surface area (Å²) in [5.74, 6) is 1.94. The summed E-state index contributed by atoms with van der Waals surface area (Å²) in [4.78, 5) is 10.4. The highest BCUT2D eigenvalue weighted by Crippen LogP contribution is 2.35. The van der Waals surface area contributed by atoms with Crippen LogP contribution in [0.5, 0.6) is 0 Å². The molecule has 0 radical (unpaired) electrons. The first-order valence-electron chi connectivity index (χ1n) is 15.5. The maximum atomic E-state index is 10.4. The first kappa shape index (κ1) is 38.0. The molecule has 0 atom stereocenters. The maximum Gasteiger partial charge on any atom is 0.157 e. The van der Waals surface area contributed by atoms with Gasteiger partial charge in [0.2, 0.25) is 0 Å². The van der Waals surface area contributed by atoms with Gasteiger partial charge in [0, 0.05) is 5.92 Å². The number of ketones is 1. The van der Waals surface area contributed by atoms with Gasteiger partial charge in [0.05, 0.1) is 0 Å². The number of carbonyl (C=O) groups is 1. The Labute approximate surface area is 238 Å². The fourth-order valence-corrected chi connectivity index (χ4v) is 4.19. The lowest BCUT2D eigenvalue weighted by atomic mass is 9.79. The number of carbonyl (C=O) groups excluding carboxylic acids is 1. The lowest BCUT2D eigenvalue weighted by Gasteiger charge is -2.26. The van der Waals surface area contributed by atoms with E-state index in [1.54, 1.807) is 0 Å². The smallest absolute Gasteiger partial charge is 0.157 e. The molecule has 0 amide bonds. The van der Waals surface area contributed by atoms with Crippen LogP contribution in [0.25, 0.3) is 6.08 Å². The lowest BCUT2D eigenvalue weighted by molar-refractivity contribution is -0.117. The van der Waals surface area contributed by atoms with Crippen LogP contribution in [0.3, 0.4) is 0 Å². The summed E-state index contributed by atoms with van der Waals surface area (Å²) in [5.41, 5.74) is 3.89. The molecule has 1 aliphatic rings. The van der Waals surface area contributed by atoms with E-state index in [9.17, 15) is 4.79 Å². The van der Waals surface area contributed by atoms with E-state index >= 15 is 0 Å². The summed E-state index contributed by atoms with van der Waals surface area (Å²) in [6.07, 6.45) is 24.1. The zero-order chi connectivity index (χ0) is 29.2. The molecule has 1 fully saturated rings. The molecule has 216 valence electrons. The zero-order valence-corrected chi connectivity index (χ0v) is 26.4. The van der Waals surface area contributed by atoms with Gasteiger partial charge in [-0.2, -0.15) is 0 Å². The van der Waals surface area contributed by atoms with Crippen molar-refractivity contribution < 1.29 is 4.79 Å². The van der Waals surface area contributed by atoms with Gasteiger partial charge in [-0.05, 0) is 61.6 Å². The lowest BCUT2D eigenvalue weighted by Crippen LogP contribution is -2.10. The van der Waals surface area contributed by atoms with Gasteiger partial charge in [-0.3, -0.25) is 4.79 Å². The molecule has 0 aliphatic heterocycles. The fraction of sp³-hybridized carbons (Fsp3) is 0.595. The fourth-order valence-electron chi connectivity index (χ4n) is 4.19. The quantitative estimate of drug-likeness (QED) is 0.109. The van der Waals surface area contributed by atoms with Crippen molar-refractivity contribution in [3.05, 3.63) is 78.9 Å². The number of allylic oxidation sites excluding steroid dienone is 4. The average molecular weight is 523 g/mol. The third kappa shape index (κ3) is 21.9. The molecule has 1 nitrogen and oxygen atoms in total. The molecule has 38 heavy (non-hydrogen) atoms. The van der Waals surface area contributed by atoms with Gasteiger partial charge in [-0.1, -0.05) is 154 Å². The molecule has 1 aromatic carbocycles. The van der Waals surface area contributed by atoms with Crippen molar-refractivity contribution in [3.8, 4) is 0 Å². The summed E-state index contributed by atoms with van der Waals surface area (Å²) < 4.78 is 0. The first-order valence-corrected chi connectivity index (χ1v) is 15.5. The predicted octanol–water partition coefficient (Wildman–Crippen LogP) is 12.3. The second-order valence-electron chi connectivity index (χ2n) is 10.8. The van der Waals surface area contributed by atoms with Crippen molar-refractivity contribution in [3.63, 3.8) is 0 Å². The van der Waals surface area contributed by atoms with Crippen molar-refractivity contribution in [2.45, 2.75) is 131 Å².